The van der Waals surface area contributed by atoms with E-state index in [1.807, 2.05) is 0 Å². The number of nitro groups is 1. The van der Waals surface area contributed by atoms with Crippen molar-refractivity contribution >= 4 is 30.7 Å². The predicted octanol–water partition coefficient (Wildman–Crippen LogP) is 2.35. The summed E-state index contributed by atoms with van der Waals surface area (Å²) >= 11 is 3.99. The Balaban J connectivity index is 3.13. The van der Waals surface area contributed by atoms with E-state index >= 15 is 0 Å². The molecule has 1 rings (SSSR count). The van der Waals surface area contributed by atoms with Crippen LogP contribution in [0.15, 0.2) is 24.3 Å². The number of carbonyl (C=O) groups excluding carboxylic acids is 1. The molecule has 0 radical (unpaired) electrons. The molecular weight excluding hydrogens is 214 g/mol. The Kier molecular flexibility index (Phi) is 4.05. The molecule has 15 heavy (non-hydrogen) atoms. The lowest BCUT2D eigenvalue weighted by molar-refractivity contribution is -0.385. The van der Waals surface area contributed by atoms with Crippen LogP contribution < -0.4 is 0 Å². The molecule has 1 aromatic carbocycles. The minimum absolute atomic E-state index is 0.0846. The lowest BCUT2D eigenvalue weighted by atomic mass is 10.1. The van der Waals surface area contributed by atoms with E-state index in [9.17, 15) is 14.9 Å². The van der Waals surface area contributed by atoms with Crippen molar-refractivity contribution < 1.29 is 9.72 Å². The van der Waals surface area contributed by atoms with Gasteiger partial charge in [-0.1, -0.05) is 12.2 Å². The van der Waals surface area contributed by atoms with Gasteiger partial charge in [0, 0.05) is 11.8 Å². The first-order valence-electron chi connectivity index (χ1n) is 4.20. The highest BCUT2D eigenvalue weighted by Gasteiger charge is 2.12. The van der Waals surface area contributed by atoms with Gasteiger partial charge in [-0.05, 0) is 17.7 Å². The summed E-state index contributed by atoms with van der Waals surface area (Å²) in [7, 11) is 0. The van der Waals surface area contributed by atoms with Crippen molar-refractivity contribution in [1.82, 2.24) is 0 Å². The SMILES string of the molecule is O=Cc1cc(C=CCS)ccc1[N+](=O)[O-]. The first kappa shape index (κ1) is 11.5. The maximum Gasteiger partial charge on any atom is 0.279 e. The molecule has 0 N–H and O–H groups in total. The van der Waals surface area contributed by atoms with Gasteiger partial charge >= 0.3 is 0 Å². The zero-order chi connectivity index (χ0) is 11.3. The molecule has 0 unspecified atom stereocenters. The van der Waals surface area contributed by atoms with E-state index in [1.165, 1.54) is 12.1 Å². The zero-order valence-corrected chi connectivity index (χ0v) is 8.68. The molecule has 0 saturated heterocycles. The van der Waals surface area contributed by atoms with Gasteiger partial charge in [-0.2, -0.15) is 12.6 Å². The van der Waals surface area contributed by atoms with Crippen LogP contribution in [-0.4, -0.2) is 17.0 Å². The predicted molar refractivity (Wildman–Crippen MR) is 61.4 cm³/mol. The first-order valence-corrected chi connectivity index (χ1v) is 4.83. The van der Waals surface area contributed by atoms with Crippen LogP contribution in [0.4, 0.5) is 5.69 Å². The molecule has 0 aliphatic heterocycles. The molecule has 0 saturated carbocycles. The molecule has 0 amide bonds. The summed E-state index contributed by atoms with van der Waals surface area (Å²) in [5, 5.41) is 10.5. The maximum atomic E-state index is 10.6. The van der Waals surface area contributed by atoms with Crippen molar-refractivity contribution in [2.24, 2.45) is 0 Å². The largest absolute Gasteiger partial charge is 0.298 e. The Morgan fingerprint density at radius 3 is 2.73 bits per heavy atom. The van der Waals surface area contributed by atoms with Gasteiger partial charge in [0.2, 0.25) is 0 Å². The lowest BCUT2D eigenvalue weighted by Crippen LogP contribution is -1.94. The Morgan fingerprint density at radius 1 is 1.47 bits per heavy atom. The summed E-state index contributed by atoms with van der Waals surface area (Å²) in [6.45, 7) is 0. The van der Waals surface area contributed by atoms with Crippen LogP contribution in [0, 0.1) is 10.1 Å². The molecule has 0 fully saturated rings. The van der Waals surface area contributed by atoms with Gasteiger partial charge < -0.3 is 0 Å². The third-order valence-corrected chi connectivity index (χ3v) is 2.00. The van der Waals surface area contributed by atoms with E-state index in [0.717, 1.165) is 5.56 Å². The van der Waals surface area contributed by atoms with E-state index in [-0.39, 0.29) is 11.3 Å². The van der Waals surface area contributed by atoms with Crippen LogP contribution in [0.2, 0.25) is 0 Å². The van der Waals surface area contributed by atoms with Gasteiger partial charge in [0.05, 0.1) is 10.5 Å². The molecule has 4 nitrogen and oxygen atoms in total. The van der Waals surface area contributed by atoms with Gasteiger partial charge in [-0.25, -0.2) is 0 Å². The van der Waals surface area contributed by atoms with Crippen LogP contribution in [0.1, 0.15) is 15.9 Å². The van der Waals surface area contributed by atoms with E-state index in [0.29, 0.717) is 12.0 Å². The minimum atomic E-state index is -0.574. The minimum Gasteiger partial charge on any atom is -0.298 e. The van der Waals surface area contributed by atoms with Gasteiger partial charge in [-0.15, -0.1) is 0 Å². The molecule has 0 aromatic heterocycles. The number of benzene rings is 1. The second kappa shape index (κ2) is 5.31. The van der Waals surface area contributed by atoms with Crippen molar-refractivity contribution in [2.45, 2.75) is 0 Å². The smallest absolute Gasteiger partial charge is 0.279 e. The lowest BCUT2D eigenvalue weighted by Gasteiger charge is -1.97. The first-order chi connectivity index (χ1) is 7.19. The molecule has 78 valence electrons. The fourth-order valence-corrected chi connectivity index (χ4v) is 1.23. The number of rotatable bonds is 4. The van der Waals surface area contributed by atoms with Gasteiger partial charge in [0.25, 0.3) is 5.69 Å². The van der Waals surface area contributed by atoms with E-state index < -0.39 is 4.92 Å². The van der Waals surface area contributed by atoms with Crippen molar-refractivity contribution in [3.05, 3.63) is 45.5 Å². The van der Waals surface area contributed by atoms with Gasteiger partial charge in [0.1, 0.15) is 0 Å². The normalized spacial score (nSPS) is 10.5. The second-order valence-corrected chi connectivity index (χ2v) is 3.14. The third kappa shape index (κ3) is 2.92. The monoisotopic (exact) mass is 223 g/mol. The van der Waals surface area contributed by atoms with Crippen molar-refractivity contribution in [3.63, 3.8) is 0 Å². The molecule has 1 aromatic rings. The fourth-order valence-electron chi connectivity index (χ4n) is 1.13. The number of hydrogen-bond donors (Lipinski definition) is 1. The fraction of sp³-hybridized carbons (Fsp3) is 0.100. The highest BCUT2D eigenvalue weighted by Crippen LogP contribution is 2.18. The Morgan fingerprint density at radius 2 is 2.20 bits per heavy atom. The summed E-state index contributed by atoms with van der Waals surface area (Å²) in [5.41, 5.74) is 0.658. The number of nitro benzene ring substituents is 1. The molecule has 5 heteroatoms. The Hall–Kier alpha value is -1.62. The summed E-state index contributed by atoms with van der Waals surface area (Å²) in [4.78, 5) is 20.6. The summed E-state index contributed by atoms with van der Waals surface area (Å²) in [5.74, 6) is 0.577. The van der Waals surface area contributed by atoms with Gasteiger partial charge in [-0.3, -0.25) is 14.9 Å². The highest BCUT2D eigenvalue weighted by molar-refractivity contribution is 7.80. The second-order valence-electron chi connectivity index (χ2n) is 2.78. The van der Waals surface area contributed by atoms with Crippen LogP contribution in [-0.2, 0) is 0 Å². The summed E-state index contributed by atoms with van der Waals surface area (Å²) in [6.07, 6.45) is 4.03. The van der Waals surface area contributed by atoms with Crippen molar-refractivity contribution in [3.8, 4) is 0 Å². The quantitative estimate of drug-likeness (QED) is 0.369. The van der Waals surface area contributed by atoms with Crippen LogP contribution in [0.5, 0.6) is 0 Å². The number of carbonyl (C=O) groups is 1. The molecule has 0 heterocycles. The standard InChI is InChI=1S/C10H9NO3S/c12-7-9-6-8(2-1-5-15)3-4-10(9)11(13)14/h1-4,6-7,15H,5H2. The molecule has 0 atom stereocenters. The molecule has 0 aliphatic carbocycles. The van der Waals surface area contributed by atoms with E-state index in [1.54, 1.807) is 18.2 Å². The molecule has 0 bridgehead atoms. The van der Waals surface area contributed by atoms with Crippen LogP contribution >= 0.6 is 12.6 Å². The third-order valence-electron chi connectivity index (χ3n) is 1.79. The summed E-state index contributed by atoms with van der Waals surface area (Å²) < 4.78 is 0. The molecule has 0 spiro atoms. The number of nitrogens with zero attached hydrogens (tertiary/aromatic N) is 1. The van der Waals surface area contributed by atoms with Crippen molar-refractivity contribution in [2.75, 3.05) is 5.75 Å². The molecular formula is C10H9NO3S. The maximum absolute atomic E-state index is 10.6. The van der Waals surface area contributed by atoms with Crippen molar-refractivity contribution in [1.29, 1.82) is 0 Å². The number of aldehydes is 1. The van der Waals surface area contributed by atoms with Crippen LogP contribution in [0.3, 0.4) is 0 Å². The highest BCUT2D eigenvalue weighted by atomic mass is 32.1. The topological polar surface area (TPSA) is 60.2 Å². The number of thiol groups is 1. The summed E-state index contributed by atoms with van der Waals surface area (Å²) in [6, 6.07) is 4.39. The number of hydrogen-bond acceptors (Lipinski definition) is 4. The van der Waals surface area contributed by atoms with Gasteiger partial charge in [0.15, 0.2) is 6.29 Å². The average molecular weight is 223 g/mol. The van der Waals surface area contributed by atoms with Crippen LogP contribution in [0.25, 0.3) is 6.08 Å². The average Bonchev–Trinajstić information content (AvgIpc) is 2.25. The Bertz CT molecular complexity index is 415. The Labute approximate surface area is 92.2 Å². The van der Waals surface area contributed by atoms with E-state index in [2.05, 4.69) is 12.6 Å². The van der Waals surface area contributed by atoms with E-state index in [4.69, 9.17) is 0 Å². The zero-order valence-electron chi connectivity index (χ0n) is 7.79. The molecule has 0 aliphatic rings.